The summed E-state index contributed by atoms with van der Waals surface area (Å²) in [5.74, 6) is 0.239. The summed E-state index contributed by atoms with van der Waals surface area (Å²) in [6, 6.07) is 16.2. The number of benzene rings is 2. The van der Waals surface area contributed by atoms with E-state index >= 15 is 0 Å². The van der Waals surface area contributed by atoms with Crippen molar-refractivity contribution >= 4 is 34.0 Å². The zero-order valence-electron chi connectivity index (χ0n) is 16.3. The fourth-order valence-electron chi connectivity index (χ4n) is 4.01. The highest BCUT2D eigenvalue weighted by molar-refractivity contribution is 6.30. The fraction of sp³-hybridized carbons (Fsp3) is 0.348. The van der Waals surface area contributed by atoms with Crippen LogP contribution >= 0.6 is 11.6 Å². The fourth-order valence-corrected chi connectivity index (χ4v) is 4.13. The molecule has 0 bridgehead atoms. The number of hydrogen-bond donors (Lipinski definition) is 0. The predicted molar refractivity (Wildman–Crippen MR) is 117 cm³/mol. The number of fused-ring (bicyclic) bond motifs is 1. The second-order valence-electron chi connectivity index (χ2n) is 7.32. The van der Waals surface area contributed by atoms with Gasteiger partial charge < -0.3 is 9.47 Å². The van der Waals surface area contributed by atoms with Crippen molar-refractivity contribution in [2.45, 2.75) is 19.9 Å². The SMILES string of the molecule is CCn1cc(C(=O)CCN2CCN(c3ccc(Cl)cc3)CC2)c2ccccc21. The molecule has 2 aromatic carbocycles. The summed E-state index contributed by atoms with van der Waals surface area (Å²) >= 11 is 5.98. The largest absolute Gasteiger partial charge is 0.369 e. The van der Waals surface area contributed by atoms with Gasteiger partial charge in [-0.05, 0) is 37.3 Å². The van der Waals surface area contributed by atoms with Crippen LogP contribution in [0.1, 0.15) is 23.7 Å². The van der Waals surface area contributed by atoms with Crippen molar-refractivity contribution in [3.05, 3.63) is 65.3 Å². The molecule has 1 saturated heterocycles. The average molecular weight is 396 g/mol. The first kappa shape index (κ1) is 19.0. The Labute approximate surface area is 171 Å². The van der Waals surface area contributed by atoms with Crippen LogP contribution in [0.4, 0.5) is 5.69 Å². The number of anilines is 1. The minimum absolute atomic E-state index is 0.239. The Balaban J connectivity index is 1.34. The highest BCUT2D eigenvalue weighted by Gasteiger charge is 2.19. The van der Waals surface area contributed by atoms with Gasteiger partial charge in [-0.1, -0.05) is 29.8 Å². The van der Waals surface area contributed by atoms with Crippen LogP contribution in [0.15, 0.2) is 54.7 Å². The van der Waals surface area contributed by atoms with Crippen LogP contribution in [0, 0.1) is 0 Å². The maximum Gasteiger partial charge on any atom is 0.166 e. The topological polar surface area (TPSA) is 28.5 Å². The second kappa shape index (κ2) is 8.38. The Hall–Kier alpha value is -2.30. The van der Waals surface area contributed by atoms with E-state index in [1.807, 2.05) is 30.5 Å². The molecule has 0 aliphatic carbocycles. The number of carbonyl (C=O) groups excluding carboxylic acids is 1. The molecule has 1 aromatic heterocycles. The molecule has 0 unspecified atom stereocenters. The van der Waals surface area contributed by atoms with Crippen molar-refractivity contribution in [2.75, 3.05) is 37.6 Å². The molecule has 1 aliphatic heterocycles. The van der Waals surface area contributed by atoms with Gasteiger partial charge in [0.15, 0.2) is 5.78 Å². The van der Waals surface area contributed by atoms with Crippen molar-refractivity contribution < 1.29 is 4.79 Å². The van der Waals surface area contributed by atoms with Gasteiger partial charge in [0.25, 0.3) is 0 Å². The molecule has 1 fully saturated rings. The molecule has 4 rings (SSSR count). The number of halogens is 1. The molecule has 0 spiro atoms. The molecule has 0 amide bonds. The maximum absolute atomic E-state index is 12.9. The van der Waals surface area contributed by atoms with Gasteiger partial charge in [-0.25, -0.2) is 0 Å². The number of nitrogens with zero attached hydrogens (tertiary/aromatic N) is 3. The van der Waals surface area contributed by atoms with Crippen LogP contribution in [-0.4, -0.2) is 48.0 Å². The van der Waals surface area contributed by atoms with E-state index in [0.717, 1.165) is 60.8 Å². The van der Waals surface area contributed by atoms with E-state index in [2.05, 4.69) is 45.6 Å². The first-order chi connectivity index (χ1) is 13.7. The third kappa shape index (κ3) is 3.94. The third-order valence-electron chi connectivity index (χ3n) is 5.65. The molecule has 1 aliphatic rings. The molecule has 5 heteroatoms. The summed E-state index contributed by atoms with van der Waals surface area (Å²) in [5.41, 5.74) is 3.22. The minimum atomic E-state index is 0.239. The summed E-state index contributed by atoms with van der Waals surface area (Å²) in [7, 11) is 0. The van der Waals surface area contributed by atoms with E-state index in [4.69, 9.17) is 11.6 Å². The first-order valence-electron chi connectivity index (χ1n) is 9.99. The normalized spacial score (nSPS) is 15.3. The van der Waals surface area contributed by atoms with E-state index in [-0.39, 0.29) is 5.78 Å². The Bertz CT molecular complexity index is 956. The monoisotopic (exact) mass is 395 g/mol. The van der Waals surface area contributed by atoms with Crippen LogP contribution in [-0.2, 0) is 6.54 Å². The van der Waals surface area contributed by atoms with E-state index in [9.17, 15) is 4.79 Å². The van der Waals surface area contributed by atoms with Crippen LogP contribution in [0.3, 0.4) is 0 Å². The summed E-state index contributed by atoms with van der Waals surface area (Å²) < 4.78 is 2.16. The minimum Gasteiger partial charge on any atom is -0.369 e. The van der Waals surface area contributed by atoms with E-state index in [0.29, 0.717) is 6.42 Å². The van der Waals surface area contributed by atoms with Gasteiger partial charge in [0, 0.05) is 79.1 Å². The number of hydrogen-bond acceptors (Lipinski definition) is 3. The maximum atomic E-state index is 12.9. The molecule has 2 heterocycles. The number of ketones is 1. The van der Waals surface area contributed by atoms with Crippen molar-refractivity contribution in [1.29, 1.82) is 0 Å². The molecular weight excluding hydrogens is 370 g/mol. The number of carbonyl (C=O) groups is 1. The van der Waals surface area contributed by atoms with Crippen molar-refractivity contribution in [1.82, 2.24) is 9.47 Å². The van der Waals surface area contributed by atoms with Gasteiger partial charge in [0.2, 0.25) is 0 Å². The van der Waals surface area contributed by atoms with E-state index in [1.54, 1.807) is 0 Å². The lowest BCUT2D eigenvalue weighted by Gasteiger charge is -2.36. The first-order valence-corrected chi connectivity index (χ1v) is 10.4. The Morgan fingerprint density at radius 3 is 2.43 bits per heavy atom. The molecule has 28 heavy (non-hydrogen) atoms. The number of piperazine rings is 1. The van der Waals surface area contributed by atoms with Gasteiger partial charge in [0.1, 0.15) is 0 Å². The lowest BCUT2D eigenvalue weighted by atomic mass is 10.1. The third-order valence-corrected chi connectivity index (χ3v) is 5.90. The van der Waals surface area contributed by atoms with Gasteiger partial charge >= 0.3 is 0 Å². The van der Waals surface area contributed by atoms with Crippen LogP contribution in [0.2, 0.25) is 5.02 Å². The van der Waals surface area contributed by atoms with Gasteiger partial charge in [-0.2, -0.15) is 0 Å². The molecular formula is C23H26ClN3O. The second-order valence-corrected chi connectivity index (χ2v) is 7.76. The summed E-state index contributed by atoms with van der Waals surface area (Å²) in [5, 5.41) is 1.84. The van der Waals surface area contributed by atoms with Gasteiger partial charge in [0.05, 0.1) is 0 Å². The van der Waals surface area contributed by atoms with E-state index in [1.165, 1.54) is 5.69 Å². The van der Waals surface area contributed by atoms with Gasteiger partial charge in [-0.3, -0.25) is 9.69 Å². The number of aromatic nitrogens is 1. The molecule has 0 radical (unpaired) electrons. The van der Waals surface area contributed by atoms with E-state index < -0.39 is 0 Å². The zero-order valence-corrected chi connectivity index (χ0v) is 17.0. The molecule has 146 valence electrons. The summed E-state index contributed by atoms with van der Waals surface area (Å²) in [4.78, 5) is 17.7. The van der Waals surface area contributed by atoms with Crippen molar-refractivity contribution in [2.24, 2.45) is 0 Å². The smallest absolute Gasteiger partial charge is 0.166 e. The Morgan fingerprint density at radius 1 is 1.00 bits per heavy atom. The quantitative estimate of drug-likeness (QED) is 0.566. The van der Waals surface area contributed by atoms with Crippen LogP contribution < -0.4 is 4.90 Å². The molecule has 4 nitrogen and oxygen atoms in total. The number of para-hydroxylation sites is 1. The standard InChI is InChI=1S/C23H26ClN3O/c1-2-26-17-21(20-5-3-4-6-22(20)26)23(28)11-12-25-13-15-27(16-14-25)19-9-7-18(24)8-10-19/h3-10,17H,2,11-16H2,1H3. The summed E-state index contributed by atoms with van der Waals surface area (Å²) in [6.07, 6.45) is 2.59. The Kier molecular flexibility index (Phi) is 5.69. The molecule has 3 aromatic rings. The predicted octanol–water partition coefficient (Wildman–Crippen LogP) is 4.71. The molecule has 0 saturated carbocycles. The summed E-state index contributed by atoms with van der Waals surface area (Å²) in [6.45, 7) is 7.72. The van der Waals surface area contributed by atoms with Crippen molar-refractivity contribution in [3.63, 3.8) is 0 Å². The molecule has 0 N–H and O–H groups in total. The number of rotatable bonds is 6. The van der Waals surface area contributed by atoms with Gasteiger partial charge in [-0.15, -0.1) is 0 Å². The zero-order chi connectivity index (χ0) is 19.5. The number of Topliss-reactive ketones (excluding diaryl/α,β-unsaturated/α-hetero) is 1. The van der Waals surface area contributed by atoms with Crippen LogP contribution in [0.5, 0.6) is 0 Å². The van der Waals surface area contributed by atoms with Crippen LogP contribution in [0.25, 0.3) is 10.9 Å². The lowest BCUT2D eigenvalue weighted by Crippen LogP contribution is -2.46. The van der Waals surface area contributed by atoms with Crippen molar-refractivity contribution in [3.8, 4) is 0 Å². The number of aryl methyl sites for hydroxylation is 1. The molecule has 0 atom stereocenters. The highest BCUT2D eigenvalue weighted by Crippen LogP contribution is 2.23. The average Bonchev–Trinajstić information content (AvgIpc) is 3.12. The highest BCUT2D eigenvalue weighted by atomic mass is 35.5. The Morgan fingerprint density at radius 2 is 1.71 bits per heavy atom. The lowest BCUT2D eigenvalue weighted by molar-refractivity contribution is 0.0964.